The van der Waals surface area contributed by atoms with Gasteiger partial charge in [-0.1, -0.05) is 29.3 Å². The average molecular weight is 510 g/mol. The van der Waals surface area contributed by atoms with Crippen molar-refractivity contribution in [3.8, 4) is 0 Å². The molecular formula is C19H20Cl3FN4O5. The normalized spacial score (nSPS) is 24.9. The van der Waals surface area contributed by atoms with Crippen LogP contribution in [-0.4, -0.2) is 55.3 Å². The number of benzene rings is 1. The van der Waals surface area contributed by atoms with E-state index in [2.05, 4.69) is 15.4 Å². The average Bonchev–Trinajstić information content (AvgIpc) is 3.22. The molecule has 0 bridgehead atoms. The Morgan fingerprint density at radius 3 is 2.59 bits per heavy atom. The van der Waals surface area contributed by atoms with E-state index in [4.69, 9.17) is 32.8 Å². The molecule has 5 unspecified atom stereocenters. The molecule has 9 nitrogen and oxygen atoms in total. The summed E-state index contributed by atoms with van der Waals surface area (Å²) in [6.07, 6.45) is -3.27. The van der Waals surface area contributed by atoms with Crippen molar-refractivity contribution in [3.05, 3.63) is 52.1 Å². The lowest BCUT2D eigenvalue weighted by Gasteiger charge is -2.32. The molecule has 4 N–H and O–H groups in total. The van der Waals surface area contributed by atoms with Crippen LogP contribution in [0.15, 0.2) is 30.7 Å². The summed E-state index contributed by atoms with van der Waals surface area (Å²) in [6.45, 7) is 1.41. The number of fused-ring (bicyclic) bond motifs is 1. The van der Waals surface area contributed by atoms with E-state index in [1.165, 1.54) is 43.1 Å². The van der Waals surface area contributed by atoms with Crippen LogP contribution in [0.2, 0.25) is 10.0 Å². The third-order valence-corrected chi connectivity index (χ3v) is 6.07. The summed E-state index contributed by atoms with van der Waals surface area (Å²) in [7, 11) is 1.35. The minimum atomic E-state index is -1.76. The quantitative estimate of drug-likeness (QED) is 0.387. The highest BCUT2D eigenvalue weighted by Gasteiger charge is 2.52. The predicted octanol–water partition coefficient (Wildman–Crippen LogP) is 2.80. The Morgan fingerprint density at radius 1 is 1.22 bits per heavy atom. The van der Waals surface area contributed by atoms with Crippen LogP contribution in [0.25, 0.3) is 11.0 Å². The highest BCUT2D eigenvalue weighted by atomic mass is 35.5. The fraction of sp³-hybridized carbons (Fsp3) is 0.368. The van der Waals surface area contributed by atoms with Crippen LogP contribution in [0.4, 0.5) is 10.2 Å². The zero-order chi connectivity index (χ0) is 22.5. The van der Waals surface area contributed by atoms with Gasteiger partial charge in [-0.3, -0.25) is 4.84 Å². The fourth-order valence-corrected chi connectivity index (χ4v) is 4.04. The van der Waals surface area contributed by atoms with Gasteiger partial charge in [-0.2, -0.15) is 0 Å². The summed E-state index contributed by atoms with van der Waals surface area (Å²) < 4.78 is 21.7. The Bertz CT molecular complexity index is 1130. The van der Waals surface area contributed by atoms with Gasteiger partial charge in [0.2, 0.25) is 0 Å². The van der Waals surface area contributed by atoms with E-state index >= 15 is 0 Å². The number of rotatable bonds is 5. The number of aliphatic hydroxyl groups excluding tert-OH is 2. The minimum absolute atomic E-state index is 0. The molecule has 0 amide bonds. The Kier molecular flexibility index (Phi) is 7.18. The lowest BCUT2D eigenvalue weighted by Crippen LogP contribution is -2.45. The Labute approximate surface area is 198 Å². The molecular weight excluding hydrogens is 490 g/mol. The van der Waals surface area contributed by atoms with Gasteiger partial charge in [-0.05, 0) is 24.6 Å². The van der Waals surface area contributed by atoms with Crippen molar-refractivity contribution in [2.75, 3.05) is 12.6 Å². The van der Waals surface area contributed by atoms with Crippen molar-refractivity contribution in [2.45, 2.75) is 37.1 Å². The summed E-state index contributed by atoms with van der Waals surface area (Å²) in [5, 5.41) is 33.0. The third kappa shape index (κ3) is 4.02. The first-order valence-electron chi connectivity index (χ1n) is 9.16. The van der Waals surface area contributed by atoms with Crippen molar-refractivity contribution >= 4 is 52.5 Å². The van der Waals surface area contributed by atoms with Crippen LogP contribution in [0.1, 0.15) is 18.7 Å². The molecule has 1 saturated heterocycles. The van der Waals surface area contributed by atoms with Gasteiger partial charge in [-0.15, -0.1) is 12.4 Å². The lowest BCUT2D eigenvalue weighted by atomic mass is 9.87. The van der Waals surface area contributed by atoms with Crippen molar-refractivity contribution in [1.82, 2.24) is 14.5 Å². The first kappa shape index (κ1) is 24.9. The van der Waals surface area contributed by atoms with E-state index in [1.807, 2.05) is 0 Å². The summed E-state index contributed by atoms with van der Waals surface area (Å²) in [4.78, 5) is 12.8. The fourth-order valence-electron chi connectivity index (χ4n) is 3.74. The van der Waals surface area contributed by atoms with E-state index in [0.29, 0.717) is 10.6 Å². The second kappa shape index (κ2) is 9.24. The molecule has 0 spiro atoms. The maximum absolute atomic E-state index is 14.7. The van der Waals surface area contributed by atoms with E-state index in [9.17, 15) is 19.7 Å². The molecule has 1 aromatic carbocycles. The molecule has 13 heteroatoms. The van der Waals surface area contributed by atoms with Crippen molar-refractivity contribution in [3.63, 3.8) is 0 Å². The molecule has 1 aliphatic rings. The Balaban J connectivity index is 0.00000289. The smallest absolute Gasteiger partial charge is 0.165 e. The van der Waals surface area contributed by atoms with Crippen LogP contribution in [0.3, 0.4) is 0 Å². The molecule has 1 fully saturated rings. The van der Waals surface area contributed by atoms with Gasteiger partial charge in [0.15, 0.2) is 23.5 Å². The van der Waals surface area contributed by atoms with Gasteiger partial charge in [0.25, 0.3) is 0 Å². The van der Waals surface area contributed by atoms with Gasteiger partial charge in [0.1, 0.15) is 30.2 Å². The zero-order valence-electron chi connectivity index (χ0n) is 16.7. The van der Waals surface area contributed by atoms with Gasteiger partial charge >= 0.3 is 0 Å². The number of nitrogens with zero attached hydrogens (tertiary/aromatic N) is 3. The number of nitrogens with one attached hydrogen (secondary N) is 1. The van der Waals surface area contributed by atoms with Crippen LogP contribution in [0, 0.1) is 5.82 Å². The first-order chi connectivity index (χ1) is 14.7. The predicted molar refractivity (Wildman–Crippen MR) is 117 cm³/mol. The summed E-state index contributed by atoms with van der Waals surface area (Å²) >= 11 is 12.0. The topological polar surface area (TPSA) is 122 Å². The second-order valence-corrected chi connectivity index (χ2v) is 8.13. The number of ether oxygens (including phenoxy) is 1. The molecule has 0 aliphatic carbocycles. The van der Waals surface area contributed by atoms with Gasteiger partial charge in [0.05, 0.1) is 22.5 Å². The van der Waals surface area contributed by atoms with E-state index < -0.39 is 36.0 Å². The Morgan fingerprint density at radius 2 is 1.94 bits per heavy atom. The molecule has 4 rings (SSSR count). The third-order valence-electron chi connectivity index (χ3n) is 5.33. The van der Waals surface area contributed by atoms with Crippen LogP contribution in [-0.2, 0) is 15.2 Å². The SMILES string of the molecule is CONc1ncnc2c1c(F)cn2C1OC(C(C)(O)c2ccc(Cl)c(Cl)c2)C(O)C1O.Cl. The molecule has 0 radical (unpaired) electrons. The molecule has 3 aromatic rings. The van der Waals surface area contributed by atoms with Crippen LogP contribution in [0.5, 0.6) is 0 Å². The van der Waals surface area contributed by atoms with Crippen LogP contribution >= 0.6 is 35.6 Å². The first-order valence-corrected chi connectivity index (χ1v) is 9.92. The molecule has 32 heavy (non-hydrogen) atoms. The molecule has 3 heterocycles. The number of halogens is 4. The largest absolute Gasteiger partial charge is 0.387 e. The van der Waals surface area contributed by atoms with Crippen molar-refractivity contribution < 1.29 is 29.3 Å². The summed E-state index contributed by atoms with van der Waals surface area (Å²) in [5.41, 5.74) is 1.11. The highest BCUT2D eigenvalue weighted by molar-refractivity contribution is 6.42. The van der Waals surface area contributed by atoms with Crippen molar-refractivity contribution in [2.24, 2.45) is 0 Å². The minimum Gasteiger partial charge on any atom is -0.387 e. The number of hydrogen-bond acceptors (Lipinski definition) is 8. The second-order valence-electron chi connectivity index (χ2n) is 7.32. The maximum Gasteiger partial charge on any atom is 0.165 e. The maximum atomic E-state index is 14.7. The molecule has 2 aromatic heterocycles. The Hall–Kier alpha value is -1.76. The van der Waals surface area contributed by atoms with Gasteiger partial charge in [-0.25, -0.2) is 19.8 Å². The van der Waals surface area contributed by atoms with Gasteiger partial charge in [0, 0.05) is 6.20 Å². The van der Waals surface area contributed by atoms with Gasteiger partial charge < -0.3 is 24.6 Å². The summed E-state index contributed by atoms with van der Waals surface area (Å²) in [5.74, 6) is -0.615. The standard InChI is InChI=1S/C19H19Cl2FN4O5.ClH/c1-19(29,8-3-4-9(20)10(21)5-8)15-13(27)14(28)18(31-15)26-6-11(22)12-16(25-30-2)23-7-24-17(12)26;/h3-7,13-15,18,27-29H,1-2H3,(H,23,24,25);1H. The number of anilines is 1. The van der Waals surface area contributed by atoms with E-state index in [-0.39, 0.29) is 34.3 Å². The zero-order valence-corrected chi connectivity index (χ0v) is 19.1. The van der Waals surface area contributed by atoms with E-state index in [1.54, 1.807) is 0 Å². The van der Waals surface area contributed by atoms with E-state index in [0.717, 1.165) is 6.20 Å². The van der Waals surface area contributed by atoms with Crippen LogP contribution < -0.4 is 5.48 Å². The molecule has 174 valence electrons. The number of hydrogen-bond donors (Lipinski definition) is 4. The molecule has 5 atom stereocenters. The number of aromatic nitrogens is 3. The molecule has 1 aliphatic heterocycles. The lowest BCUT2D eigenvalue weighted by molar-refractivity contribution is -0.135. The highest BCUT2D eigenvalue weighted by Crippen LogP contribution is 2.42. The number of aliphatic hydroxyl groups is 3. The monoisotopic (exact) mass is 508 g/mol. The van der Waals surface area contributed by atoms with Crippen molar-refractivity contribution in [1.29, 1.82) is 0 Å². The molecule has 0 saturated carbocycles. The summed E-state index contributed by atoms with van der Waals surface area (Å²) in [6, 6.07) is 4.48.